The van der Waals surface area contributed by atoms with Gasteiger partial charge in [-0.25, -0.2) is 0 Å². The summed E-state index contributed by atoms with van der Waals surface area (Å²) in [5.41, 5.74) is 1.83. The Bertz CT molecular complexity index is 1480. The molecule has 0 saturated heterocycles. The summed E-state index contributed by atoms with van der Waals surface area (Å²) in [4.78, 5) is 29.0. The third-order valence-electron chi connectivity index (χ3n) is 6.38. The SMILES string of the molecule is CCCCCCOc1ccc(C2c3c(oc4ccc(Br)cc4c3=O)C(=O)N2c2cccc(Cl)c2)cc1. The number of benzene rings is 3. The standard InChI is InChI=1S/C29H25BrClNO4/c1-2-3-4-5-15-35-22-12-9-18(10-13-22)26-25-27(33)23-16-19(30)11-14-24(23)36-28(25)29(34)32(26)21-8-6-7-20(31)17-21/h6-14,16-17,26H,2-5,15H2,1H3. The molecule has 0 bridgehead atoms. The molecule has 0 N–H and O–H groups in total. The van der Waals surface area contributed by atoms with Crippen molar-refractivity contribution in [2.75, 3.05) is 11.5 Å². The van der Waals surface area contributed by atoms with Crippen LogP contribution < -0.4 is 15.1 Å². The van der Waals surface area contributed by atoms with Crippen molar-refractivity contribution in [3.63, 3.8) is 0 Å². The summed E-state index contributed by atoms with van der Waals surface area (Å²) in [6, 6.07) is 19.1. The first-order valence-corrected chi connectivity index (χ1v) is 13.2. The van der Waals surface area contributed by atoms with Gasteiger partial charge in [0.05, 0.1) is 23.6 Å². The van der Waals surface area contributed by atoms with Gasteiger partial charge in [-0.15, -0.1) is 0 Å². The van der Waals surface area contributed by atoms with E-state index in [9.17, 15) is 9.59 Å². The van der Waals surface area contributed by atoms with Crippen molar-refractivity contribution < 1.29 is 13.9 Å². The number of anilines is 1. The summed E-state index contributed by atoms with van der Waals surface area (Å²) >= 11 is 9.70. The van der Waals surface area contributed by atoms with Gasteiger partial charge < -0.3 is 9.15 Å². The van der Waals surface area contributed by atoms with Crippen LogP contribution in [0, 0.1) is 0 Å². The van der Waals surface area contributed by atoms with E-state index in [0.717, 1.165) is 28.6 Å². The maximum absolute atomic E-state index is 13.7. The molecule has 3 aromatic carbocycles. The minimum atomic E-state index is -0.663. The number of unbranched alkanes of at least 4 members (excludes halogenated alkanes) is 3. The van der Waals surface area contributed by atoms with Gasteiger partial charge in [0.25, 0.3) is 5.91 Å². The highest BCUT2D eigenvalue weighted by Crippen LogP contribution is 2.42. The highest BCUT2D eigenvalue weighted by Gasteiger charge is 2.43. The van der Waals surface area contributed by atoms with E-state index in [0.29, 0.717) is 33.8 Å². The van der Waals surface area contributed by atoms with Gasteiger partial charge in [-0.05, 0) is 60.5 Å². The molecular formula is C29H25BrClNO4. The Balaban J connectivity index is 1.58. The Morgan fingerprint density at radius 3 is 2.56 bits per heavy atom. The average Bonchev–Trinajstić information content (AvgIpc) is 3.17. The molecule has 4 aromatic rings. The molecule has 0 aliphatic carbocycles. The predicted octanol–water partition coefficient (Wildman–Crippen LogP) is 7.92. The number of fused-ring (bicyclic) bond motifs is 2. The van der Waals surface area contributed by atoms with Gasteiger partial charge in [-0.2, -0.15) is 0 Å². The van der Waals surface area contributed by atoms with Crippen LogP contribution in [0.3, 0.4) is 0 Å². The van der Waals surface area contributed by atoms with E-state index in [2.05, 4.69) is 22.9 Å². The van der Waals surface area contributed by atoms with Gasteiger partial charge in [0.15, 0.2) is 5.43 Å². The molecule has 7 heteroatoms. The minimum Gasteiger partial charge on any atom is -0.494 e. The first-order chi connectivity index (χ1) is 17.5. The fraction of sp³-hybridized carbons (Fsp3) is 0.241. The van der Waals surface area contributed by atoms with Crippen LogP contribution in [0.5, 0.6) is 5.75 Å². The van der Waals surface area contributed by atoms with Gasteiger partial charge in [-0.1, -0.05) is 71.9 Å². The second-order valence-electron chi connectivity index (χ2n) is 8.85. The second-order valence-corrected chi connectivity index (χ2v) is 10.2. The first-order valence-electron chi connectivity index (χ1n) is 12.1. The molecule has 184 valence electrons. The van der Waals surface area contributed by atoms with Gasteiger partial charge in [0.1, 0.15) is 11.3 Å². The largest absolute Gasteiger partial charge is 0.494 e. The second kappa shape index (κ2) is 10.5. The third kappa shape index (κ3) is 4.67. The zero-order chi connectivity index (χ0) is 25.2. The Morgan fingerprint density at radius 2 is 1.81 bits per heavy atom. The number of ether oxygens (including phenoxy) is 1. The van der Waals surface area contributed by atoms with Crippen molar-refractivity contribution in [2.24, 2.45) is 0 Å². The van der Waals surface area contributed by atoms with Crippen LogP contribution >= 0.6 is 27.5 Å². The Hall–Kier alpha value is -3.09. The summed E-state index contributed by atoms with van der Waals surface area (Å²) in [5, 5.41) is 0.913. The van der Waals surface area contributed by atoms with E-state index < -0.39 is 6.04 Å². The Kier molecular flexibility index (Phi) is 7.17. The molecule has 0 radical (unpaired) electrons. The van der Waals surface area contributed by atoms with Gasteiger partial charge in [0.2, 0.25) is 5.76 Å². The topological polar surface area (TPSA) is 59.8 Å². The van der Waals surface area contributed by atoms with Crippen LogP contribution in [0.25, 0.3) is 11.0 Å². The van der Waals surface area contributed by atoms with Crippen LogP contribution in [0.15, 0.2) is 80.4 Å². The number of amides is 1. The lowest BCUT2D eigenvalue weighted by Gasteiger charge is -2.25. The molecule has 5 rings (SSSR count). The van der Waals surface area contributed by atoms with E-state index in [4.69, 9.17) is 20.8 Å². The van der Waals surface area contributed by atoms with Crippen molar-refractivity contribution in [3.8, 4) is 5.75 Å². The normalized spacial score (nSPS) is 14.9. The van der Waals surface area contributed by atoms with E-state index in [-0.39, 0.29) is 17.1 Å². The zero-order valence-electron chi connectivity index (χ0n) is 19.8. The molecule has 2 heterocycles. The zero-order valence-corrected chi connectivity index (χ0v) is 22.1. The van der Waals surface area contributed by atoms with E-state index >= 15 is 0 Å². The first kappa shape index (κ1) is 24.6. The van der Waals surface area contributed by atoms with Crippen molar-refractivity contribution in [1.82, 2.24) is 0 Å². The number of nitrogens with zero attached hydrogens (tertiary/aromatic N) is 1. The lowest BCUT2D eigenvalue weighted by Crippen LogP contribution is -2.29. The quantitative estimate of drug-likeness (QED) is 0.203. The van der Waals surface area contributed by atoms with Gasteiger partial charge >= 0.3 is 0 Å². The molecule has 0 saturated carbocycles. The summed E-state index contributed by atoms with van der Waals surface area (Å²) < 4.78 is 12.7. The number of rotatable bonds is 8. The molecule has 1 amide bonds. The number of carbonyl (C=O) groups excluding carboxylic acids is 1. The molecule has 0 spiro atoms. The summed E-state index contributed by atoms with van der Waals surface area (Å²) in [6.07, 6.45) is 4.53. The van der Waals surface area contributed by atoms with Crippen molar-refractivity contribution >= 4 is 50.1 Å². The van der Waals surface area contributed by atoms with E-state index in [1.807, 2.05) is 24.3 Å². The van der Waals surface area contributed by atoms with Crippen molar-refractivity contribution in [3.05, 3.63) is 103 Å². The molecule has 1 atom stereocenters. The van der Waals surface area contributed by atoms with E-state index in [1.165, 1.54) is 12.8 Å². The maximum atomic E-state index is 13.7. The van der Waals surface area contributed by atoms with Crippen LogP contribution in [0.1, 0.15) is 60.3 Å². The minimum absolute atomic E-state index is 0.0519. The monoisotopic (exact) mass is 565 g/mol. The number of halogens is 2. The maximum Gasteiger partial charge on any atom is 0.295 e. The molecule has 0 fully saturated rings. The van der Waals surface area contributed by atoms with Crippen molar-refractivity contribution in [1.29, 1.82) is 0 Å². The predicted molar refractivity (Wildman–Crippen MR) is 146 cm³/mol. The lowest BCUT2D eigenvalue weighted by atomic mass is 9.98. The number of carbonyl (C=O) groups is 1. The molecule has 1 aliphatic heterocycles. The molecule has 1 aromatic heterocycles. The Labute approximate surface area is 222 Å². The molecule has 36 heavy (non-hydrogen) atoms. The van der Waals surface area contributed by atoms with Crippen LogP contribution in [0.2, 0.25) is 5.02 Å². The number of hydrogen-bond acceptors (Lipinski definition) is 4. The molecular weight excluding hydrogens is 542 g/mol. The van der Waals surface area contributed by atoms with Crippen molar-refractivity contribution in [2.45, 2.75) is 38.6 Å². The summed E-state index contributed by atoms with van der Waals surface area (Å²) in [6.45, 7) is 2.84. The van der Waals surface area contributed by atoms with E-state index in [1.54, 1.807) is 47.4 Å². The smallest absolute Gasteiger partial charge is 0.295 e. The highest BCUT2D eigenvalue weighted by atomic mass is 79.9. The van der Waals surface area contributed by atoms with Crippen LogP contribution in [0.4, 0.5) is 5.69 Å². The summed E-state index contributed by atoms with van der Waals surface area (Å²) in [5.74, 6) is 0.426. The molecule has 5 nitrogen and oxygen atoms in total. The number of hydrogen-bond donors (Lipinski definition) is 0. The summed E-state index contributed by atoms with van der Waals surface area (Å²) in [7, 11) is 0. The fourth-order valence-corrected chi connectivity index (χ4v) is 5.16. The third-order valence-corrected chi connectivity index (χ3v) is 7.11. The van der Waals surface area contributed by atoms with Crippen LogP contribution in [-0.4, -0.2) is 12.5 Å². The van der Waals surface area contributed by atoms with Crippen LogP contribution in [-0.2, 0) is 0 Å². The highest BCUT2D eigenvalue weighted by molar-refractivity contribution is 9.10. The van der Waals surface area contributed by atoms with Gasteiger partial charge in [0, 0.05) is 15.2 Å². The average molecular weight is 567 g/mol. The lowest BCUT2D eigenvalue weighted by molar-refractivity contribution is 0.0971. The fourth-order valence-electron chi connectivity index (χ4n) is 4.62. The van der Waals surface area contributed by atoms with Gasteiger partial charge in [-0.3, -0.25) is 14.5 Å². The molecule has 1 aliphatic rings. The molecule has 1 unspecified atom stereocenters. The Morgan fingerprint density at radius 1 is 1.00 bits per heavy atom.